The van der Waals surface area contributed by atoms with Gasteiger partial charge >= 0.3 is 12.1 Å². The first-order valence-corrected chi connectivity index (χ1v) is 6.47. The third-order valence-corrected chi connectivity index (χ3v) is 3.40. The molecule has 1 rings (SSSR count). The fraction of sp³-hybridized carbons (Fsp3) is 0.417. The molecule has 2 N–H and O–H groups in total. The first-order valence-electron chi connectivity index (χ1n) is 5.48. The Hall–Kier alpha value is -1.21. The lowest BCUT2D eigenvalue weighted by atomic mass is 10.1. The molecule has 0 unspecified atom stereocenters. The second-order valence-electron chi connectivity index (χ2n) is 3.70. The highest BCUT2D eigenvalue weighted by molar-refractivity contribution is 7.99. The zero-order chi connectivity index (χ0) is 14.5. The predicted octanol–water partition coefficient (Wildman–Crippen LogP) is 2.82. The molecule has 0 aliphatic carbocycles. The van der Waals surface area contributed by atoms with Gasteiger partial charge in [0.25, 0.3) is 0 Å². The lowest BCUT2D eigenvalue weighted by molar-refractivity contribution is -0.140. The van der Waals surface area contributed by atoms with Gasteiger partial charge in [0.15, 0.2) is 0 Å². The van der Waals surface area contributed by atoms with Gasteiger partial charge in [0.1, 0.15) is 0 Å². The van der Waals surface area contributed by atoms with Gasteiger partial charge in [0.05, 0.1) is 19.1 Å². The van der Waals surface area contributed by atoms with Crippen molar-refractivity contribution in [3.05, 3.63) is 29.3 Å². The zero-order valence-electron chi connectivity index (χ0n) is 10.3. The van der Waals surface area contributed by atoms with Gasteiger partial charge in [-0.15, -0.1) is 11.8 Å². The maximum Gasteiger partial charge on any atom is 0.416 e. The highest BCUT2D eigenvalue weighted by Crippen LogP contribution is 2.34. The molecule has 0 saturated heterocycles. The Morgan fingerprint density at radius 1 is 1.42 bits per heavy atom. The van der Waals surface area contributed by atoms with Crippen molar-refractivity contribution < 1.29 is 22.7 Å². The molecule has 1 aromatic carbocycles. The monoisotopic (exact) mass is 293 g/mol. The molecule has 0 radical (unpaired) electrons. The number of ether oxygens (including phenoxy) is 1. The first kappa shape index (κ1) is 15.8. The van der Waals surface area contributed by atoms with E-state index in [0.717, 1.165) is 6.07 Å². The molecular formula is C12H14F3NO2S. The number of alkyl halides is 3. The summed E-state index contributed by atoms with van der Waals surface area (Å²) in [7, 11) is 1.27. The van der Waals surface area contributed by atoms with Crippen molar-refractivity contribution >= 4 is 17.7 Å². The molecule has 0 spiro atoms. The molecule has 0 saturated carbocycles. The minimum atomic E-state index is -4.42. The molecule has 0 heterocycles. The summed E-state index contributed by atoms with van der Waals surface area (Å²) in [6.45, 7) is -0.165. The van der Waals surface area contributed by atoms with Crippen LogP contribution in [0, 0.1) is 0 Å². The van der Waals surface area contributed by atoms with Gasteiger partial charge < -0.3 is 10.5 Å². The van der Waals surface area contributed by atoms with E-state index in [4.69, 9.17) is 5.73 Å². The number of nitrogens with two attached hydrogens (primary N) is 1. The summed E-state index contributed by atoms with van der Waals surface area (Å²) >= 11 is 1.17. The number of carbonyl (C=O) groups is 1. The zero-order valence-corrected chi connectivity index (χ0v) is 11.1. The van der Waals surface area contributed by atoms with Gasteiger partial charge in [-0.25, -0.2) is 0 Å². The Balaban J connectivity index is 2.78. The summed E-state index contributed by atoms with van der Waals surface area (Å²) in [5.41, 5.74) is 4.62. The van der Waals surface area contributed by atoms with Crippen LogP contribution in [0.5, 0.6) is 0 Å². The SMILES string of the molecule is COC(=O)CCSc1ccc(CN)c(C(F)(F)F)c1. The average molecular weight is 293 g/mol. The molecule has 106 valence electrons. The topological polar surface area (TPSA) is 52.3 Å². The van der Waals surface area contributed by atoms with E-state index in [2.05, 4.69) is 4.74 Å². The fourth-order valence-electron chi connectivity index (χ4n) is 1.44. The summed E-state index contributed by atoms with van der Waals surface area (Å²) in [5.74, 6) is -0.0199. The van der Waals surface area contributed by atoms with Crippen LogP contribution in [0.3, 0.4) is 0 Å². The van der Waals surface area contributed by atoms with E-state index in [1.165, 1.54) is 24.9 Å². The summed E-state index contributed by atoms with van der Waals surface area (Å²) in [4.78, 5) is 11.3. The lowest BCUT2D eigenvalue weighted by Gasteiger charge is -2.13. The van der Waals surface area contributed by atoms with Crippen molar-refractivity contribution in [2.45, 2.75) is 24.0 Å². The standard InChI is InChI=1S/C12H14F3NO2S/c1-18-11(17)4-5-19-9-3-2-8(7-16)10(6-9)12(13,14)15/h2-3,6H,4-5,7,16H2,1H3. The Morgan fingerprint density at radius 2 is 2.11 bits per heavy atom. The van der Waals surface area contributed by atoms with Crippen LogP contribution >= 0.6 is 11.8 Å². The molecular weight excluding hydrogens is 279 g/mol. The van der Waals surface area contributed by atoms with E-state index in [-0.39, 0.29) is 24.5 Å². The van der Waals surface area contributed by atoms with Crippen molar-refractivity contribution in [1.82, 2.24) is 0 Å². The summed E-state index contributed by atoms with van der Waals surface area (Å²) in [6, 6.07) is 3.99. The van der Waals surface area contributed by atoms with Crippen LogP contribution in [0.2, 0.25) is 0 Å². The molecule has 3 nitrogen and oxygen atoms in total. The number of thioether (sulfide) groups is 1. The second-order valence-corrected chi connectivity index (χ2v) is 4.86. The molecule has 0 aliphatic rings. The third kappa shape index (κ3) is 4.76. The van der Waals surface area contributed by atoms with E-state index in [1.807, 2.05) is 0 Å². The Morgan fingerprint density at radius 3 is 2.63 bits per heavy atom. The van der Waals surface area contributed by atoms with Crippen LogP contribution in [0.4, 0.5) is 13.2 Å². The van der Waals surface area contributed by atoms with Gasteiger partial charge in [0, 0.05) is 17.2 Å². The van der Waals surface area contributed by atoms with Gasteiger partial charge in [-0.2, -0.15) is 13.2 Å². The van der Waals surface area contributed by atoms with Crippen LogP contribution < -0.4 is 5.73 Å². The largest absolute Gasteiger partial charge is 0.469 e. The lowest BCUT2D eigenvalue weighted by Crippen LogP contribution is -2.12. The maximum atomic E-state index is 12.8. The number of rotatable bonds is 5. The van der Waals surface area contributed by atoms with Gasteiger partial charge in [-0.1, -0.05) is 6.07 Å². The Kier molecular flexibility index (Phi) is 5.68. The predicted molar refractivity (Wildman–Crippen MR) is 66.7 cm³/mol. The maximum absolute atomic E-state index is 12.8. The molecule has 1 aromatic rings. The van der Waals surface area contributed by atoms with E-state index < -0.39 is 11.7 Å². The molecule has 0 aromatic heterocycles. The highest BCUT2D eigenvalue weighted by Gasteiger charge is 2.33. The number of halogens is 3. The average Bonchev–Trinajstić information content (AvgIpc) is 2.37. The molecule has 0 fully saturated rings. The number of benzene rings is 1. The van der Waals surface area contributed by atoms with E-state index in [1.54, 1.807) is 6.07 Å². The van der Waals surface area contributed by atoms with E-state index in [0.29, 0.717) is 10.6 Å². The van der Waals surface area contributed by atoms with Crippen molar-refractivity contribution in [1.29, 1.82) is 0 Å². The summed E-state index contributed by atoms with van der Waals surface area (Å²) in [5, 5.41) is 0. The summed E-state index contributed by atoms with van der Waals surface area (Å²) < 4.78 is 42.8. The van der Waals surface area contributed by atoms with Crippen LogP contribution in [-0.2, 0) is 22.3 Å². The molecule has 7 heteroatoms. The molecule has 0 aliphatic heterocycles. The minimum absolute atomic E-state index is 0.0600. The molecule has 0 amide bonds. The van der Waals surface area contributed by atoms with Crippen LogP contribution in [-0.4, -0.2) is 18.8 Å². The normalized spacial score (nSPS) is 11.4. The minimum Gasteiger partial charge on any atom is -0.469 e. The van der Waals surface area contributed by atoms with Gasteiger partial charge in [-0.3, -0.25) is 4.79 Å². The van der Waals surface area contributed by atoms with E-state index >= 15 is 0 Å². The van der Waals surface area contributed by atoms with Gasteiger partial charge in [0.2, 0.25) is 0 Å². The van der Waals surface area contributed by atoms with Crippen molar-refractivity contribution in [3.8, 4) is 0 Å². The van der Waals surface area contributed by atoms with Crippen LogP contribution in [0.15, 0.2) is 23.1 Å². The van der Waals surface area contributed by atoms with Crippen LogP contribution in [0.25, 0.3) is 0 Å². The smallest absolute Gasteiger partial charge is 0.416 e. The first-order chi connectivity index (χ1) is 8.88. The number of methoxy groups -OCH3 is 1. The van der Waals surface area contributed by atoms with E-state index in [9.17, 15) is 18.0 Å². The number of hydrogen-bond acceptors (Lipinski definition) is 4. The number of esters is 1. The Bertz CT molecular complexity index is 449. The second kappa shape index (κ2) is 6.81. The quantitative estimate of drug-likeness (QED) is 0.670. The van der Waals surface area contributed by atoms with Crippen molar-refractivity contribution in [2.24, 2.45) is 5.73 Å². The highest BCUT2D eigenvalue weighted by atomic mass is 32.2. The molecule has 0 atom stereocenters. The van der Waals surface area contributed by atoms with Crippen molar-refractivity contribution in [3.63, 3.8) is 0 Å². The third-order valence-electron chi connectivity index (χ3n) is 2.41. The fourth-order valence-corrected chi connectivity index (χ4v) is 2.31. The summed E-state index contributed by atoms with van der Waals surface area (Å²) in [6.07, 6.45) is -4.27. The van der Waals surface area contributed by atoms with Gasteiger partial charge in [-0.05, 0) is 17.7 Å². The number of hydrogen-bond donors (Lipinski definition) is 1. The molecule has 0 bridgehead atoms. The van der Waals surface area contributed by atoms with Crippen molar-refractivity contribution in [2.75, 3.05) is 12.9 Å². The number of carbonyl (C=O) groups excluding carboxylic acids is 1. The van der Waals surface area contributed by atoms with Crippen LogP contribution in [0.1, 0.15) is 17.5 Å². The molecule has 19 heavy (non-hydrogen) atoms. The Labute approximate surface area is 113 Å².